The van der Waals surface area contributed by atoms with E-state index in [0.29, 0.717) is 32.5 Å². The van der Waals surface area contributed by atoms with Crippen LogP contribution in [0.4, 0.5) is 0 Å². The SMILES string of the molecule is CCC(Oc1ccccc1C)C(=O)N1CCC([C@@H]2OCCC2C(=O)O)CC1. The number of carbonyl (C=O) groups is 2. The summed E-state index contributed by atoms with van der Waals surface area (Å²) in [4.78, 5) is 26.2. The second kappa shape index (κ2) is 8.74. The van der Waals surface area contributed by atoms with Crippen LogP contribution in [0, 0.1) is 18.8 Å². The molecular formula is C21H29NO5. The molecular weight excluding hydrogens is 346 g/mol. The fourth-order valence-corrected chi connectivity index (χ4v) is 4.14. The van der Waals surface area contributed by atoms with E-state index in [-0.39, 0.29) is 17.9 Å². The van der Waals surface area contributed by atoms with E-state index in [1.165, 1.54) is 0 Å². The van der Waals surface area contributed by atoms with Crippen LogP contribution in [0.15, 0.2) is 24.3 Å². The van der Waals surface area contributed by atoms with E-state index in [1.54, 1.807) is 0 Å². The molecule has 6 heteroatoms. The quantitative estimate of drug-likeness (QED) is 0.827. The van der Waals surface area contributed by atoms with Gasteiger partial charge in [-0.3, -0.25) is 9.59 Å². The summed E-state index contributed by atoms with van der Waals surface area (Å²) in [5.41, 5.74) is 1.01. The minimum Gasteiger partial charge on any atom is -0.481 e. The molecule has 2 unspecified atom stereocenters. The van der Waals surface area contributed by atoms with Gasteiger partial charge in [0.15, 0.2) is 6.10 Å². The molecule has 2 saturated heterocycles. The van der Waals surface area contributed by atoms with Crippen molar-refractivity contribution >= 4 is 11.9 Å². The highest BCUT2D eigenvalue weighted by Crippen LogP contribution is 2.33. The number of nitrogens with zero attached hydrogens (tertiary/aromatic N) is 1. The molecule has 27 heavy (non-hydrogen) atoms. The third kappa shape index (κ3) is 4.43. The van der Waals surface area contributed by atoms with Crippen molar-refractivity contribution in [1.82, 2.24) is 4.90 Å². The molecule has 0 spiro atoms. The molecule has 3 atom stereocenters. The van der Waals surface area contributed by atoms with Gasteiger partial charge in [0.05, 0.1) is 12.0 Å². The van der Waals surface area contributed by atoms with Crippen LogP contribution in [-0.2, 0) is 14.3 Å². The fraction of sp³-hybridized carbons (Fsp3) is 0.619. The number of amides is 1. The molecule has 0 bridgehead atoms. The Morgan fingerprint density at radius 1 is 1.26 bits per heavy atom. The van der Waals surface area contributed by atoms with Gasteiger partial charge in [-0.05, 0) is 50.2 Å². The van der Waals surface area contributed by atoms with Crippen molar-refractivity contribution in [1.29, 1.82) is 0 Å². The summed E-state index contributed by atoms with van der Waals surface area (Å²) >= 11 is 0. The molecule has 2 aliphatic rings. The molecule has 0 radical (unpaired) electrons. The predicted molar refractivity (Wildman–Crippen MR) is 101 cm³/mol. The lowest BCUT2D eigenvalue weighted by molar-refractivity contribution is -0.147. The van der Waals surface area contributed by atoms with Gasteiger partial charge in [-0.15, -0.1) is 0 Å². The summed E-state index contributed by atoms with van der Waals surface area (Å²) in [7, 11) is 0. The number of hydrogen-bond donors (Lipinski definition) is 1. The number of hydrogen-bond acceptors (Lipinski definition) is 4. The second-order valence-corrected chi connectivity index (χ2v) is 7.51. The lowest BCUT2D eigenvalue weighted by Gasteiger charge is -2.36. The van der Waals surface area contributed by atoms with Crippen LogP contribution in [0.1, 0.15) is 38.2 Å². The minimum atomic E-state index is -0.770. The number of carboxylic acid groups (broad SMARTS) is 1. The number of aliphatic carboxylic acids is 1. The monoisotopic (exact) mass is 375 g/mol. The van der Waals surface area contributed by atoms with Crippen LogP contribution in [0.25, 0.3) is 0 Å². The number of carboxylic acids is 1. The Hall–Kier alpha value is -2.08. The van der Waals surface area contributed by atoms with Gasteiger partial charge in [0.25, 0.3) is 5.91 Å². The van der Waals surface area contributed by atoms with Gasteiger partial charge in [0, 0.05) is 19.7 Å². The van der Waals surface area contributed by atoms with Crippen molar-refractivity contribution in [2.45, 2.75) is 51.7 Å². The maximum atomic E-state index is 12.9. The average molecular weight is 375 g/mol. The number of benzene rings is 1. The Morgan fingerprint density at radius 3 is 2.59 bits per heavy atom. The van der Waals surface area contributed by atoms with E-state index < -0.39 is 18.0 Å². The molecule has 2 fully saturated rings. The summed E-state index contributed by atoms with van der Waals surface area (Å²) in [6, 6.07) is 7.72. The Morgan fingerprint density at radius 2 is 1.96 bits per heavy atom. The van der Waals surface area contributed by atoms with Crippen molar-refractivity contribution in [2.24, 2.45) is 11.8 Å². The van der Waals surface area contributed by atoms with Crippen LogP contribution in [0.2, 0.25) is 0 Å². The fourth-order valence-electron chi connectivity index (χ4n) is 4.14. The van der Waals surface area contributed by atoms with E-state index in [9.17, 15) is 14.7 Å². The molecule has 2 aliphatic heterocycles. The van der Waals surface area contributed by atoms with Crippen molar-refractivity contribution in [3.63, 3.8) is 0 Å². The zero-order valence-corrected chi connectivity index (χ0v) is 16.1. The van der Waals surface area contributed by atoms with E-state index >= 15 is 0 Å². The molecule has 1 aromatic rings. The van der Waals surface area contributed by atoms with E-state index in [4.69, 9.17) is 9.47 Å². The highest BCUT2D eigenvalue weighted by molar-refractivity contribution is 5.81. The first-order valence-electron chi connectivity index (χ1n) is 9.86. The first kappa shape index (κ1) is 19.7. The number of rotatable bonds is 6. The summed E-state index contributed by atoms with van der Waals surface area (Å²) in [5, 5.41) is 9.36. The molecule has 1 amide bonds. The highest BCUT2D eigenvalue weighted by Gasteiger charge is 2.41. The van der Waals surface area contributed by atoms with E-state index in [2.05, 4.69) is 0 Å². The van der Waals surface area contributed by atoms with Gasteiger partial charge >= 0.3 is 5.97 Å². The average Bonchev–Trinajstić information content (AvgIpc) is 3.17. The molecule has 6 nitrogen and oxygen atoms in total. The van der Waals surface area contributed by atoms with Crippen molar-refractivity contribution in [3.05, 3.63) is 29.8 Å². The molecule has 2 heterocycles. The first-order valence-corrected chi connectivity index (χ1v) is 9.86. The lowest BCUT2D eigenvalue weighted by atomic mass is 9.84. The number of piperidine rings is 1. The molecule has 0 aliphatic carbocycles. The second-order valence-electron chi connectivity index (χ2n) is 7.51. The topological polar surface area (TPSA) is 76.1 Å². The molecule has 1 aromatic carbocycles. The lowest BCUT2D eigenvalue weighted by Crippen LogP contribution is -2.48. The molecule has 148 valence electrons. The van der Waals surface area contributed by atoms with Crippen molar-refractivity contribution in [3.8, 4) is 5.75 Å². The van der Waals surface area contributed by atoms with Crippen LogP contribution < -0.4 is 4.74 Å². The zero-order valence-electron chi connectivity index (χ0n) is 16.1. The summed E-state index contributed by atoms with van der Waals surface area (Å²) < 4.78 is 11.7. The van der Waals surface area contributed by atoms with Gasteiger partial charge in [-0.1, -0.05) is 25.1 Å². The van der Waals surface area contributed by atoms with Gasteiger partial charge in [0.1, 0.15) is 5.75 Å². The number of likely N-dealkylation sites (tertiary alicyclic amines) is 1. The zero-order chi connectivity index (χ0) is 19.4. The van der Waals surface area contributed by atoms with Crippen LogP contribution in [-0.4, -0.2) is 53.8 Å². The molecule has 1 N–H and O–H groups in total. The van der Waals surface area contributed by atoms with Gasteiger partial charge in [-0.25, -0.2) is 0 Å². The first-order chi connectivity index (χ1) is 13.0. The van der Waals surface area contributed by atoms with Crippen molar-refractivity contribution in [2.75, 3.05) is 19.7 Å². The number of aryl methyl sites for hydroxylation is 1. The summed E-state index contributed by atoms with van der Waals surface area (Å²) in [6.45, 7) is 5.70. The Labute approximate surface area is 160 Å². The molecule has 0 aromatic heterocycles. The predicted octanol–water partition coefficient (Wildman–Crippen LogP) is 2.88. The number of carbonyl (C=O) groups excluding carboxylic acids is 1. The summed E-state index contributed by atoms with van der Waals surface area (Å²) in [6.07, 6.45) is 2.05. The minimum absolute atomic E-state index is 0.0151. The van der Waals surface area contributed by atoms with E-state index in [1.807, 2.05) is 43.0 Å². The molecule has 0 saturated carbocycles. The standard InChI is InChI=1S/C21H29NO5/c1-3-17(27-18-7-5-4-6-14(18)2)20(23)22-11-8-15(9-12-22)19-16(21(24)25)10-13-26-19/h4-7,15-17,19H,3,8-13H2,1-2H3,(H,24,25)/t16?,17?,19-/m0/s1. The number of ether oxygens (including phenoxy) is 2. The van der Waals surface area contributed by atoms with Crippen LogP contribution in [0.5, 0.6) is 5.75 Å². The Bertz CT molecular complexity index is 668. The third-order valence-corrected chi connectivity index (χ3v) is 5.78. The van der Waals surface area contributed by atoms with Crippen LogP contribution in [0.3, 0.4) is 0 Å². The largest absolute Gasteiger partial charge is 0.481 e. The summed E-state index contributed by atoms with van der Waals surface area (Å²) in [5.74, 6) is -0.216. The Kier molecular flexibility index (Phi) is 6.37. The van der Waals surface area contributed by atoms with Crippen molar-refractivity contribution < 1.29 is 24.2 Å². The maximum Gasteiger partial charge on any atom is 0.309 e. The number of para-hydroxylation sites is 1. The van der Waals surface area contributed by atoms with Gasteiger partial charge in [0.2, 0.25) is 0 Å². The Balaban J connectivity index is 1.57. The highest BCUT2D eigenvalue weighted by atomic mass is 16.5. The van der Waals surface area contributed by atoms with E-state index in [0.717, 1.165) is 24.2 Å². The van der Waals surface area contributed by atoms with Gasteiger partial charge in [-0.2, -0.15) is 0 Å². The normalized spacial score (nSPS) is 24.6. The van der Waals surface area contributed by atoms with Crippen LogP contribution >= 0.6 is 0 Å². The maximum absolute atomic E-state index is 12.9. The van der Waals surface area contributed by atoms with Gasteiger partial charge < -0.3 is 19.5 Å². The molecule has 3 rings (SSSR count). The smallest absolute Gasteiger partial charge is 0.309 e. The third-order valence-electron chi connectivity index (χ3n) is 5.78.